The Bertz CT molecular complexity index is 1640. The van der Waals surface area contributed by atoms with Crippen LogP contribution >= 0.6 is 15.9 Å². The Morgan fingerprint density at radius 3 is 2.07 bits per heavy atom. The van der Waals surface area contributed by atoms with Crippen molar-refractivity contribution in [3.8, 4) is 0 Å². The van der Waals surface area contributed by atoms with Crippen LogP contribution in [0.5, 0.6) is 0 Å². The van der Waals surface area contributed by atoms with Crippen molar-refractivity contribution in [1.29, 1.82) is 0 Å². The van der Waals surface area contributed by atoms with Crippen LogP contribution in [0.1, 0.15) is 29.2 Å². The Kier molecular flexibility index (Phi) is 10.8. The zero-order chi connectivity index (χ0) is 31.0. The molecule has 0 heterocycles. The third-order valence-corrected chi connectivity index (χ3v) is 9.46. The van der Waals surface area contributed by atoms with Gasteiger partial charge in [0.15, 0.2) is 0 Å². The fourth-order valence-corrected chi connectivity index (χ4v) is 6.57. The molecular weight excluding hydrogens is 626 g/mol. The van der Waals surface area contributed by atoms with Gasteiger partial charge in [-0.1, -0.05) is 94.3 Å². The van der Waals surface area contributed by atoms with E-state index in [1.54, 1.807) is 36.4 Å². The fourth-order valence-electron chi connectivity index (χ4n) is 4.83. The topological polar surface area (TPSA) is 86.8 Å². The summed E-state index contributed by atoms with van der Waals surface area (Å²) in [6.07, 6.45) is 0.268. The monoisotopic (exact) mass is 661 g/mol. The third kappa shape index (κ3) is 8.12. The van der Waals surface area contributed by atoms with Crippen molar-refractivity contribution in [3.63, 3.8) is 0 Å². The molecule has 43 heavy (non-hydrogen) atoms. The molecule has 0 unspecified atom stereocenters. The molecule has 0 radical (unpaired) electrons. The van der Waals surface area contributed by atoms with Gasteiger partial charge < -0.3 is 10.2 Å². The number of amides is 2. The van der Waals surface area contributed by atoms with Gasteiger partial charge in [0, 0.05) is 24.0 Å². The number of nitrogens with one attached hydrogen (secondary N) is 1. The van der Waals surface area contributed by atoms with E-state index in [1.807, 2.05) is 87.5 Å². The van der Waals surface area contributed by atoms with E-state index >= 15 is 0 Å². The second kappa shape index (κ2) is 14.5. The normalized spacial score (nSPS) is 11.9. The van der Waals surface area contributed by atoms with Crippen molar-refractivity contribution in [2.24, 2.45) is 0 Å². The molecule has 0 spiro atoms. The van der Waals surface area contributed by atoms with Crippen molar-refractivity contribution < 1.29 is 18.0 Å². The fraction of sp³-hybridized carbons (Fsp3) is 0.235. The third-order valence-electron chi connectivity index (χ3n) is 7.16. The van der Waals surface area contributed by atoms with Crippen molar-refractivity contribution in [3.05, 3.63) is 130 Å². The summed E-state index contributed by atoms with van der Waals surface area (Å²) in [6.45, 7) is 5.54. The summed E-state index contributed by atoms with van der Waals surface area (Å²) in [7, 11) is -4.14. The molecule has 1 N–H and O–H groups in total. The summed E-state index contributed by atoms with van der Waals surface area (Å²) < 4.78 is 30.3. The van der Waals surface area contributed by atoms with Crippen LogP contribution in [0.4, 0.5) is 5.69 Å². The summed E-state index contributed by atoms with van der Waals surface area (Å²) >= 11 is 3.45. The van der Waals surface area contributed by atoms with Gasteiger partial charge in [-0.2, -0.15) is 0 Å². The molecule has 224 valence electrons. The van der Waals surface area contributed by atoms with Gasteiger partial charge in [-0.05, 0) is 67.8 Å². The van der Waals surface area contributed by atoms with E-state index in [4.69, 9.17) is 0 Å². The van der Waals surface area contributed by atoms with Crippen LogP contribution in [0.25, 0.3) is 0 Å². The van der Waals surface area contributed by atoms with E-state index in [-0.39, 0.29) is 23.8 Å². The summed E-state index contributed by atoms with van der Waals surface area (Å²) in [5.41, 5.74) is 3.72. The van der Waals surface area contributed by atoms with Crippen LogP contribution < -0.4 is 9.62 Å². The summed E-state index contributed by atoms with van der Waals surface area (Å²) in [5, 5.41) is 2.88. The summed E-state index contributed by atoms with van der Waals surface area (Å²) in [5.74, 6) is -0.797. The average molecular weight is 663 g/mol. The van der Waals surface area contributed by atoms with Gasteiger partial charge in [0.05, 0.1) is 10.6 Å². The standard InChI is InChI=1S/C34H36BrN3O4S/c1-4-36-34(40)32(22-27-11-6-5-7-12-27)37(23-28-16-18-29(35)19-17-28)33(39)24-38(31-13-9-8-10-26(31)3)43(41,42)30-20-14-25(2)15-21-30/h5-21,32H,4,22-24H2,1-3H3,(H,36,40)/t32-/m1/s1. The van der Waals surface area contributed by atoms with E-state index in [0.29, 0.717) is 17.8 Å². The van der Waals surface area contributed by atoms with Crippen molar-refractivity contribution in [2.45, 2.75) is 44.7 Å². The number of anilines is 1. The predicted molar refractivity (Wildman–Crippen MR) is 174 cm³/mol. The number of aryl methyl sites for hydroxylation is 2. The lowest BCUT2D eigenvalue weighted by Gasteiger charge is -2.34. The Labute approximate surface area is 262 Å². The number of hydrogen-bond donors (Lipinski definition) is 1. The minimum Gasteiger partial charge on any atom is -0.355 e. The van der Waals surface area contributed by atoms with E-state index in [0.717, 1.165) is 25.5 Å². The van der Waals surface area contributed by atoms with Gasteiger partial charge in [-0.3, -0.25) is 13.9 Å². The van der Waals surface area contributed by atoms with Gasteiger partial charge in [0.2, 0.25) is 11.8 Å². The van der Waals surface area contributed by atoms with Crippen LogP contribution in [-0.4, -0.2) is 44.3 Å². The number of para-hydroxylation sites is 1. The molecule has 9 heteroatoms. The Morgan fingerprint density at radius 2 is 1.44 bits per heavy atom. The van der Waals surface area contributed by atoms with E-state index in [1.165, 1.54) is 4.90 Å². The second-order valence-corrected chi connectivity index (χ2v) is 13.1. The van der Waals surface area contributed by atoms with Crippen LogP contribution in [0, 0.1) is 13.8 Å². The molecule has 1 atom stereocenters. The number of rotatable bonds is 12. The Hall–Kier alpha value is -3.95. The molecule has 7 nitrogen and oxygen atoms in total. The van der Waals surface area contributed by atoms with Crippen LogP contribution in [0.15, 0.2) is 112 Å². The number of benzene rings is 4. The molecule has 4 rings (SSSR count). The number of sulfonamides is 1. The smallest absolute Gasteiger partial charge is 0.264 e. The molecule has 4 aromatic rings. The first kappa shape index (κ1) is 32.0. The zero-order valence-electron chi connectivity index (χ0n) is 24.5. The van der Waals surface area contributed by atoms with E-state index in [9.17, 15) is 18.0 Å². The second-order valence-electron chi connectivity index (χ2n) is 10.4. The number of carbonyl (C=O) groups is 2. The number of halogens is 1. The first-order valence-electron chi connectivity index (χ1n) is 14.1. The Balaban J connectivity index is 1.80. The van der Waals surface area contributed by atoms with Crippen LogP contribution in [0.3, 0.4) is 0 Å². The lowest BCUT2D eigenvalue weighted by Crippen LogP contribution is -2.53. The summed E-state index contributed by atoms with van der Waals surface area (Å²) in [6, 6.07) is 29.8. The lowest BCUT2D eigenvalue weighted by molar-refractivity contribution is -0.140. The average Bonchev–Trinajstić information content (AvgIpc) is 3.00. The largest absolute Gasteiger partial charge is 0.355 e. The number of hydrogen-bond acceptors (Lipinski definition) is 4. The first-order valence-corrected chi connectivity index (χ1v) is 16.3. The minimum absolute atomic E-state index is 0.0816. The van der Waals surface area contributed by atoms with Crippen molar-refractivity contribution in [2.75, 3.05) is 17.4 Å². The predicted octanol–water partition coefficient (Wildman–Crippen LogP) is 6.04. The quantitative estimate of drug-likeness (QED) is 0.201. The molecule has 0 aliphatic rings. The van der Waals surface area contributed by atoms with Crippen molar-refractivity contribution in [1.82, 2.24) is 10.2 Å². The molecule has 0 saturated carbocycles. The van der Waals surface area contributed by atoms with E-state index < -0.39 is 28.5 Å². The lowest BCUT2D eigenvalue weighted by atomic mass is 10.0. The zero-order valence-corrected chi connectivity index (χ0v) is 26.9. The molecule has 0 fully saturated rings. The number of likely N-dealkylation sites (N-methyl/N-ethyl adjacent to an activating group) is 1. The van der Waals surface area contributed by atoms with Gasteiger partial charge in [0.1, 0.15) is 12.6 Å². The maximum Gasteiger partial charge on any atom is 0.264 e. The highest BCUT2D eigenvalue weighted by molar-refractivity contribution is 9.10. The molecule has 0 aliphatic carbocycles. The highest BCUT2D eigenvalue weighted by Gasteiger charge is 2.34. The molecular formula is C34H36BrN3O4S. The van der Waals surface area contributed by atoms with E-state index in [2.05, 4.69) is 21.2 Å². The van der Waals surface area contributed by atoms with Crippen LogP contribution in [-0.2, 0) is 32.6 Å². The maximum atomic E-state index is 14.4. The SMILES string of the molecule is CCNC(=O)[C@@H](Cc1ccccc1)N(Cc1ccc(Br)cc1)C(=O)CN(c1ccccc1C)S(=O)(=O)c1ccc(C)cc1. The molecule has 2 amide bonds. The van der Waals surface area contributed by atoms with Crippen molar-refractivity contribution >= 4 is 43.5 Å². The maximum absolute atomic E-state index is 14.4. The minimum atomic E-state index is -4.14. The number of nitrogens with zero attached hydrogens (tertiary/aromatic N) is 2. The van der Waals surface area contributed by atoms with Crippen LogP contribution in [0.2, 0.25) is 0 Å². The van der Waals surface area contributed by atoms with Gasteiger partial charge in [-0.15, -0.1) is 0 Å². The number of carbonyl (C=O) groups excluding carboxylic acids is 2. The van der Waals surface area contributed by atoms with Gasteiger partial charge in [-0.25, -0.2) is 8.42 Å². The molecule has 0 bridgehead atoms. The van der Waals surface area contributed by atoms with Gasteiger partial charge >= 0.3 is 0 Å². The molecule has 4 aromatic carbocycles. The molecule has 0 aromatic heterocycles. The summed E-state index contributed by atoms with van der Waals surface area (Å²) in [4.78, 5) is 29.5. The highest BCUT2D eigenvalue weighted by Crippen LogP contribution is 2.28. The first-order chi connectivity index (χ1) is 20.6. The van der Waals surface area contributed by atoms with Gasteiger partial charge in [0.25, 0.3) is 10.0 Å². The highest BCUT2D eigenvalue weighted by atomic mass is 79.9. The Morgan fingerprint density at radius 1 is 0.814 bits per heavy atom. The molecule has 0 aliphatic heterocycles. The molecule has 0 saturated heterocycles.